The van der Waals surface area contributed by atoms with Crippen LogP contribution in [0.4, 0.5) is 0 Å². The van der Waals surface area contributed by atoms with Crippen molar-refractivity contribution in [1.82, 2.24) is 15.4 Å². The van der Waals surface area contributed by atoms with E-state index < -0.39 is 0 Å². The Morgan fingerprint density at radius 3 is 2.12 bits per heavy atom. The van der Waals surface area contributed by atoms with Gasteiger partial charge in [-0.05, 0) is 49.7 Å². The van der Waals surface area contributed by atoms with Crippen LogP contribution in [0.15, 0.2) is 52.7 Å². The van der Waals surface area contributed by atoms with Gasteiger partial charge in [-0.25, -0.2) is 15.4 Å². The van der Waals surface area contributed by atoms with Crippen LogP contribution in [0.25, 0.3) is 0 Å². The third-order valence-corrected chi connectivity index (χ3v) is 5.53. The molecule has 1 N–H and O–H groups in total. The van der Waals surface area contributed by atoms with Crippen molar-refractivity contribution in [2.24, 2.45) is 5.10 Å². The van der Waals surface area contributed by atoms with Crippen LogP contribution in [0, 0.1) is 13.8 Å². The lowest BCUT2D eigenvalue weighted by Crippen LogP contribution is -2.17. The zero-order valence-electron chi connectivity index (χ0n) is 19.2. The molecule has 33 heavy (non-hydrogen) atoms. The largest absolute Gasteiger partial charge is 0.493 e. The number of nitrogens with zero attached hydrogens (tertiary/aromatic N) is 3. The van der Waals surface area contributed by atoms with Gasteiger partial charge in [0.1, 0.15) is 0 Å². The van der Waals surface area contributed by atoms with E-state index in [9.17, 15) is 4.79 Å². The van der Waals surface area contributed by atoms with Gasteiger partial charge in [0.05, 0.1) is 27.5 Å². The molecule has 0 radical (unpaired) electrons. The van der Waals surface area contributed by atoms with Crippen LogP contribution in [-0.2, 0) is 5.75 Å². The monoisotopic (exact) mass is 466 g/mol. The van der Waals surface area contributed by atoms with Crippen molar-refractivity contribution in [2.75, 3.05) is 21.3 Å². The zero-order chi connectivity index (χ0) is 23.8. The van der Waals surface area contributed by atoms with Gasteiger partial charge in [0, 0.05) is 28.3 Å². The molecule has 0 atom stereocenters. The minimum atomic E-state index is -0.310. The highest BCUT2D eigenvalue weighted by Gasteiger charge is 2.12. The van der Waals surface area contributed by atoms with Crippen molar-refractivity contribution in [3.05, 3.63) is 70.5 Å². The minimum Gasteiger partial charge on any atom is -0.493 e. The fourth-order valence-electron chi connectivity index (χ4n) is 3.06. The summed E-state index contributed by atoms with van der Waals surface area (Å²) >= 11 is 1.56. The minimum absolute atomic E-state index is 0.310. The van der Waals surface area contributed by atoms with E-state index in [-0.39, 0.29) is 5.91 Å². The number of ether oxygens (including phenoxy) is 3. The van der Waals surface area contributed by atoms with Gasteiger partial charge in [-0.3, -0.25) is 4.79 Å². The number of hydrogen-bond acceptors (Lipinski definition) is 8. The van der Waals surface area contributed by atoms with E-state index in [0.717, 1.165) is 22.1 Å². The van der Waals surface area contributed by atoms with Crippen molar-refractivity contribution in [3.63, 3.8) is 0 Å². The molecule has 1 heterocycles. The zero-order valence-corrected chi connectivity index (χ0v) is 20.0. The molecule has 9 heteroatoms. The third-order valence-electron chi connectivity index (χ3n) is 4.61. The number of benzene rings is 2. The van der Waals surface area contributed by atoms with Gasteiger partial charge in [0.25, 0.3) is 5.91 Å². The Hall–Kier alpha value is -3.59. The summed E-state index contributed by atoms with van der Waals surface area (Å²) in [5, 5.41) is 4.79. The molecule has 0 bridgehead atoms. The average Bonchev–Trinajstić information content (AvgIpc) is 2.81. The molecule has 0 saturated carbocycles. The Morgan fingerprint density at radius 1 is 0.970 bits per heavy atom. The number of hydrogen-bond donors (Lipinski definition) is 1. The summed E-state index contributed by atoms with van der Waals surface area (Å²) in [5.74, 6) is 1.90. The van der Waals surface area contributed by atoms with E-state index in [0.29, 0.717) is 34.1 Å². The first kappa shape index (κ1) is 24.1. The van der Waals surface area contributed by atoms with Crippen molar-refractivity contribution < 1.29 is 19.0 Å². The summed E-state index contributed by atoms with van der Waals surface area (Å²) in [5.41, 5.74) is 6.69. The number of rotatable bonds is 9. The Balaban J connectivity index is 1.60. The van der Waals surface area contributed by atoms with Gasteiger partial charge >= 0.3 is 0 Å². The molecular weight excluding hydrogens is 440 g/mol. The highest BCUT2D eigenvalue weighted by atomic mass is 32.2. The molecule has 0 aliphatic carbocycles. The Labute approximate surface area is 197 Å². The van der Waals surface area contributed by atoms with Crippen LogP contribution in [0.2, 0.25) is 0 Å². The predicted molar refractivity (Wildman–Crippen MR) is 129 cm³/mol. The van der Waals surface area contributed by atoms with Crippen LogP contribution in [-0.4, -0.2) is 43.4 Å². The first-order valence-corrected chi connectivity index (χ1v) is 11.1. The normalized spacial score (nSPS) is 10.8. The molecule has 0 fully saturated rings. The van der Waals surface area contributed by atoms with Crippen molar-refractivity contribution >= 4 is 23.9 Å². The lowest BCUT2D eigenvalue weighted by Gasteiger charge is -2.12. The molecule has 0 spiro atoms. The molecule has 0 aliphatic heterocycles. The van der Waals surface area contributed by atoms with E-state index >= 15 is 0 Å². The van der Waals surface area contributed by atoms with E-state index in [4.69, 9.17) is 14.2 Å². The highest BCUT2D eigenvalue weighted by Crippen LogP contribution is 2.37. The SMILES string of the molecule is COc1cc(/C=N/NC(=O)c2ccc(CSc3nc(C)cc(C)n3)cc2)cc(OC)c1OC. The molecule has 0 saturated heterocycles. The standard InChI is InChI=1S/C24H26N4O4S/c1-15-10-16(2)27-24(26-15)33-14-17-6-8-19(9-7-17)23(29)28-25-13-18-11-20(30-3)22(32-5)21(12-18)31-4/h6-13H,14H2,1-5H3,(H,28,29)/b25-13+. The van der Waals surface area contributed by atoms with E-state index in [1.54, 1.807) is 36.0 Å². The first-order valence-electron chi connectivity index (χ1n) is 10.1. The third kappa shape index (κ3) is 6.45. The fraction of sp³-hybridized carbons (Fsp3) is 0.250. The molecule has 1 amide bonds. The van der Waals surface area contributed by atoms with Gasteiger partial charge in [-0.2, -0.15) is 5.10 Å². The van der Waals surface area contributed by atoms with Crippen LogP contribution in [0.3, 0.4) is 0 Å². The van der Waals surface area contributed by atoms with Crippen LogP contribution < -0.4 is 19.6 Å². The molecule has 3 rings (SSSR count). The Bertz CT molecular complexity index is 1100. The number of thioether (sulfide) groups is 1. The summed E-state index contributed by atoms with van der Waals surface area (Å²) in [7, 11) is 4.61. The second-order valence-electron chi connectivity index (χ2n) is 7.08. The first-order chi connectivity index (χ1) is 15.9. The molecule has 1 aromatic heterocycles. The van der Waals surface area contributed by atoms with Gasteiger partial charge in [-0.15, -0.1) is 0 Å². The van der Waals surface area contributed by atoms with Gasteiger partial charge in [0.2, 0.25) is 5.75 Å². The molecule has 0 unspecified atom stereocenters. The quantitative estimate of drug-likeness (QED) is 0.219. The number of amides is 1. The fourth-order valence-corrected chi connectivity index (χ4v) is 3.97. The number of methoxy groups -OCH3 is 3. The molecule has 3 aromatic rings. The van der Waals surface area contributed by atoms with Crippen LogP contribution in [0.5, 0.6) is 17.2 Å². The Morgan fingerprint density at radius 2 is 1.58 bits per heavy atom. The van der Waals surface area contributed by atoms with E-state index in [1.807, 2.05) is 32.0 Å². The van der Waals surface area contributed by atoms with Crippen molar-refractivity contribution in [3.8, 4) is 17.2 Å². The second-order valence-corrected chi connectivity index (χ2v) is 8.02. The van der Waals surface area contributed by atoms with Crippen molar-refractivity contribution in [2.45, 2.75) is 24.8 Å². The number of carbonyl (C=O) groups is 1. The topological polar surface area (TPSA) is 94.9 Å². The smallest absolute Gasteiger partial charge is 0.271 e. The average molecular weight is 467 g/mol. The summed E-state index contributed by atoms with van der Waals surface area (Å²) < 4.78 is 16.0. The summed E-state index contributed by atoms with van der Waals surface area (Å²) in [4.78, 5) is 21.3. The summed E-state index contributed by atoms with van der Waals surface area (Å²) in [6.45, 7) is 3.91. The van der Waals surface area contributed by atoms with Gasteiger partial charge in [0.15, 0.2) is 16.7 Å². The van der Waals surface area contributed by atoms with E-state index in [2.05, 4.69) is 20.5 Å². The molecule has 0 aliphatic rings. The van der Waals surface area contributed by atoms with Crippen LogP contribution in [0.1, 0.15) is 32.9 Å². The maximum absolute atomic E-state index is 12.4. The predicted octanol–water partition coefficient (Wildman–Crippen LogP) is 4.18. The highest BCUT2D eigenvalue weighted by molar-refractivity contribution is 7.98. The van der Waals surface area contributed by atoms with Crippen molar-refractivity contribution in [1.29, 1.82) is 0 Å². The summed E-state index contributed by atoms with van der Waals surface area (Å²) in [6.07, 6.45) is 1.51. The van der Waals surface area contributed by atoms with Gasteiger partial charge in [-0.1, -0.05) is 23.9 Å². The van der Waals surface area contributed by atoms with E-state index in [1.165, 1.54) is 27.5 Å². The maximum Gasteiger partial charge on any atom is 0.271 e. The number of carbonyl (C=O) groups excluding carboxylic acids is 1. The lowest BCUT2D eigenvalue weighted by molar-refractivity contribution is 0.0955. The lowest BCUT2D eigenvalue weighted by atomic mass is 10.1. The molecule has 2 aromatic carbocycles. The Kier molecular flexibility index (Phi) is 8.26. The number of nitrogens with one attached hydrogen (secondary N) is 1. The maximum atomic E-state index is 12.4. The van der Waals surface area contributed by atoms with Crippen LogP contribution >= 0.6 is 11.8 Å². The molecular formula is C24H26N4O4S. The second kappa shape index (κ2) is 11.3. The van der Waals surface area contributed by atoms with Gasteiger partial charge < -0.3 is 14.2 Å². The number of hydrazone groups is 1. The molecule has 172 valence electrons. The summed E-state index contributed by atoms with van der Waals surface area (Å²) in [6, 6.07) is 12.8. The molecule has 8 nitrogen and oxygen atoms in total. The number of aryl methyl sites for hydroxylation is 2. The number of aromatic nitrogens is 2.